The second kappa shape index (κ2) is 9.35. The largest absolute Gasteiger partial charge is 0.369 e. The second-order valence-corrected chi connectivity index (χ2v) is 8.72. The van der Waals surface area contributed by atoms with Crippen LogP contribution in [0.5, 0.6) is 0 Å². The van der Waals surface area contributed by atoms with Crippen molar-refractivity contribution < 1.29 is 9.59 Å². The number of nitrogens with two attached hydrogens (primary N) is 1. The van der Waals surface area contributed by atoms with Crippen molar-refractivity contribution in [3.8, 4) is 11.1 Å². The van der Waals surface area contributed by atoms with Crippen LogP contribution < -0.4 is 5.73 Å². The minimum absolute atomic E-state index is 0.0436. The minimum atomic E-state index is -0.789. The van der Waals surface area contributed by atoms with Crippen LogP contribution in [0.1, 0.15) is 36.8 Å². The molecule has 5 heteroatoms. The number of nitrogens with zero attached hydrogens (tertiary/aromatic N) is 2. The van der Waals surface area contributed by atoms with Crippen LogP contribution in [0.3, 0.4) is 0 Å². The van der Waals surface area contributed by atoms with Crippen LogP contribution in [0.25, 0.3) is 11.1 Å². The van der Waals surface area contributed by atoms with E-state index >= 15 is 0 Å². The number of aromatic nitrogens is 1. The number of hydrogen-bond donors (Lipinski definition) is 1. The molecule has 2 amide bonds. The summed E-state index contributed by atoms with van der Waals surface area (Å²) in [5.74, 6) is -0.562. The molecule has 2 aromatic carbocycles. The summed E-state index contributed by atoms with van der Waals surface area (Å²) in [4.78, 5) is 32.2. The fourth-order valence-electron chi connectivity index (χ4n) is 4.75. The van der Waals surface area contributed by atoms with Crippen LogP contribution in [0.15, 0.2) is 79.1 Å². The van der Waals surface area contributed by atoms with E-state index in [0.717, 1.165) is 28.7 Å². The Kier molecular flexibility index (Phi) is 6.35. The first-order chi connectivity index (χ1) is 15.5. The van der Waals surface area contributed by atoms with Gasteiger partial charge in [0.05, 0.1) is 11.3 Å². The van der Waals surface area contributed by atoms with Gasteiger partial charge in [0, 0.05) is 31.0 Å². The topological polar surface area (TPSA) is 76.3 Å². The summed E-state index contributed by atoms with van der Waals surface area (Å²) in [5.41, 5.74) is 9.28. The van der Waals surface area contributed by atoms with Crippen molar-refractivity contribution in [2.45, 2.75) is 32.1 Å². The Morgan fingerprint density at radius 2 is 1.81 bits per heavy atom. The van der Waals surface area contributed by atoms with E-state index < -0.39 is 5.41 Å². The first kappa shape index (κ1) is 21.8. The second-order valence-electron chi connectivity index (χ2n) is 8.72. The van der Waals surface area contributed by atoms with E-state index in [1.165, 1.54) is 0 Å². The molecule has 0 aliphatic carbocycles. The Bertz CT molecular complexity index is 1080. The predicted octanol–water partition coefficient (Wildman–Crippen LogP) is 4.19. The Morgan fingerprint density at radius 1 is 1.06 bits per heavy atom. The molecule has 4 rings (SSSR count). The van der Waals surface area contributed by atoms with Gasteiger partial charge >= 0.3 is 0 Å². The summed E-state index contributed by atoms with van der Waals surface area (Å²) in [6.07, 6.45) is 5.50. The van der Waals surface area contributed by atoms with Crippen LogP contribution >= 0.6 is 0 Å². The summed E-state index contributed by atoms with van der Waals surface area (Å²) < 4.78 is 0. The Hall–Kier alpha value is -3.47. The van der Waals surface area contributed by atoms with Crippen LogP contribution in [-0.2, 0) is 16.0 Å². The van der Waals surface area contributed by atoms with Gasteiger partial charge in [-0.3, -0.25) is 14.6 Å². The van der Waals surface area contributed by atoms with Crippen LogP contribution in [0.4, 0.5) is 0 Å². The van der Waals surface area contributed by atoms with Gasteiger partial charge in [0.25, 0.3) is 0 Å². The van der Waals surface area contributed by atoms with Gasteiger partial charge in [-0.15, -0.1) is 0 Å². The highest BCUT2D eigenvalue weighted by atomic mass is 16.2. The lowest BCUT2D eigenvalue weighted by atomic mass is 9.73. The summed E-state index contributed by atoms with van der Waals surface area (Å²) in [6.45, 7) is 2.92. The molecule has 1 saturated heterocycles. The van der Waals surface area contributed by atoms with E-state index in [0.29, 0.717) is 25.9 Å². The third-order valence-electron chi connectivity index (χ3n) is 6.60. The number of likely N-dealkylation sites (tertiary alicyclic amines) is 1. The highest BCUT2D eigenvalue weighted by Gasteiger charge is 2.43. The van der Waals surface area contributed by atoms with E-state index in [1.54, 1.807) is 6.20 Å². The maximum absolute atomic E-state index is 13.3. The molecule has 0 saturated carbocycles. The molecule has 1 aromatic heterocycles. The number of carbonyl (C=O) groups excluding carboxylic acids is 2. The highest BCUT2D eigenvalue weighted by molar-refractivity contribution is 5.86. The normalized spacial score (nSPS) is 19.3. The number of primary amides is 1. The number of benzene rings is 2. The van der Waals surface area contributed by atoms with Crippen molar-refractivity contribution in [2.75, 3.05) is 13.1 Å². The van der Waals surface area contributed by atoms with Gasteiger partial charge in [0.15, 0.2) is 0 Å². The van der Waals surface area contributed by atoms with Gasteiger partial charge in [0.1, 0.15) is 0 Å². The van der Waals surface area contributed by atoms with E-state index in [1.807, 2.05) is 84.8 Å². The fourth-order valence-corrected chi connectivity index (χ4v) is 4.75. The van der Waals surface area contributed by atoms with Crippen LogP contribution in [-0.4, -0.2) is 34.8 Å². The number of hydrogen-bond acceptors (Lipinski definition) is 3. The lowest BCUT2D eigenvalue weighted by Gasteiger charge is -2.42. The molecule has 0 spiro atoms. The Labute approximate surface area is 189 Å². The molecule has 0 bridgehead atoms. The smallest absolute Gasteiger partial charge is 0.229 e. The number of carbonyl (C=O) groups is 2. The van der Waals surface area contributed by atoms with Crippen LogP contribution in [0, 0.1) is 5.41 Å². The van der Waals surface area contributed by atoms with Crippen molar-refractivity contribution in [3.05, 3.63) is 90.3 Å². The Morgan fingerprint density at radius 3 is 2.53 bits per heavy atom. The molecule has 1 fully saturated rings. The summed E-state index contributed by atoms with van der Waals surface area (Å²) >= 11 is 0. The first-order valence-electron chi connectivity index (χ1n) is 11.1. The van der Waals surface area contributed by atoms with Gasteiger partial charge in [-0.25, -0.2) is 0 Å². The third kappa shape index (κ3) is 4.42. The first-order valence-corrected chi connectivity index (χ1v) is 11.1. The van der Waals surface area contributed by atoms with Gasteiger partial charge < -0.3 is 10.6 Å². The molecule has 2 atom stereocenters. The summed E-state index contributed by atoms with van der Waals surface area (Å²) in [5, 5.41) is 0. The van der Waals surface area contributed by atoms with Gasteiger partial charge in [-0.05, 0) is 48.9 Å². The zero-order valence-corrected chi connectivity index (χ0v) is 18.4. The maximum atomic E-state index is 13.3. The maximum Gasteiger partial charge on any atom is 0.229 e. The van der Waals surface area contributed by atoms with E-state index in [-0.39, 0.29) is 17.7 Å². The van der Waals surface area contributed by atoms with Crippen molar-refractivity contribution in [1.82, 2.24) is 9.88 Å². The minimum Gasteiger partial charge on any atom is -0.369 e. The molecule has 1 aliphatic rings. The summed E-state index contributed by atoms with van der Waals surface area (Å²) in [6, 6.07) is 21.7. The molecule has 2 heterocycles. The number of piperidine rings is 1. The van der Waals surface area contributed by atoms with Crippen LogP contribution in [0.2, 0.25) is 0 Å². The molecule has 164 valence electrons. The number of rotatable bonds is 6. The molecular formula is C27H29N3O2. The van der Waals surface area contributed by atoms with Crippen molar-refractivity contribution in [1.29, 1.82) is 0 Å². The van der Waals surface area contributed by atoms with Crippen molar-refractivity contribution in [3.63, 3.8) is 0 Å². The zero-order valence-electron chi connectivity index (χ0n) is 18.4. The number of amides is 2. The van der Waals surface area contributed by atoms with E-state index in [4.69, 9.17) is 5.73 Å². The predicted molar refractivity (Wildman–Crippen MR) is 126 cm³/mol. The van der Waals surface area contributed by atoms with E-state index in [2.05, 4.69) is 4.98 Å². The molecular weight excluding hydrogens is 398 g/mol. The lowest BCUT2D eigenvalue weighted by Crippen LogP contribution is -2.54. The van der Waals surface area contributed by atoms with Gasteiger partial charge in [-0.1, -0.05) is 60.7 Å². The molecule has 1 aliphatic heterocycles. The quantitative estimate of drug-likeness (QED) is 0.641. The molecule has 0 radical (unpaired) electrons. The van der Waals surface area contributed by atoms with E-state index in [9.17, 15) is 9.59 Å². The molecule has 2 N–H and O–H groups in total. The zero-order chi connectivity index (χ0) is 22.6. The van der Waals surface area contributed by atoms with Gasteiger partial charge in [-0.2, -0.15) is 0 Å². The average molecular weight is 428 g/mol. The van der Waals surface area contributed by atoms with Crippen molar-refractivity contribution in [2.24, 2.45) is 11.1 Å². The van der Waals surface area contributed by atoms with Crippen molar-refractivity contribution >= 4 is 11.8 Å². The standard InChI is InChI=1S/C27H29N3O2/c1-20(21-9-3-2-4-10-21)25(31)30-16-8-14-27(19-30,26(28)32)17-22-11-5-6-13-24(22)23-12-7-15-29-18-23/h2-7,9-13,15,18,20H,8,14,16-17,19H2,1H3,(H2,28,32). The lowest BCUT2D eigenvalue weighted by molar-refractivity contribution is -0.140. The SMILES string of the molecule is CC(C(=O)N1CCCC(Cc2ccccc2-c2cccnc2)(C(N)=O)C1)c1ccccc1. The van der Waals surface area contributed by atoms with Gasteiger partial charge in [0.2, 0.25) is 11.8 Å². The fraction of sp³-hybridized carbons (Fsp3) is 0.296. The monoisotopic (exact) mass is 427 g/mol. The molecule has 3 aromatic rings. The third-order valence-corrected chi connectivity index (χ3v) is 6.60. The Balaban J connectivity index is 1.61. The highest BCUT2D eigenvalue weighted by Crippen LogP contribution is 2.37. The molecule has 5 nitrogen and oxygen atoms in total. The number of pyridine rings is 1. The average Bonchev–Trinajstić information content (AvgIpc) is 2.84. The summed E-state index contributed by atoms with van der Waals surface area (Å²) in [7, 11) is 0. The molecule has 2 unspecified atom stereocenters. The molecule has 32 heavy (non-hydrogen) atoms.